The van der Waals surface area contributed by atoms with E-state index in [1.807, 2.05) is 0 Å². The van der Waals surface area contributed by atoms with Crippen molar-refractivity contribution in [1.29, 1.82) is 0 Å². The van der Waals surface area contributed by atoms with E-state index in [2.05, 4.69) is 64.4 Å². The van der Waals surface area contributed by atoms with Gasteiger partial charge >= 0.3 is 0 Å². The van der Waals surface area contributed by atoms with Crippen LogP contribution < -0.4 is 5.32 Å². The summed E-state index contributed by atoms with van der Waals surface area (Å²) in [7, 11) is 2.21. The minimum Gasteiger partial charge on any atom is -0.316 e. The highest BCUT2D eigenvalue weighted by Crippen LogP contribution is 2.25. The lowest BCUT2D eigenvalue weighted by atomic mass is 9.89. The van der Waals surface area contributed by atoms with Crippen LogP contribution in [0.1, 0.15) is 18.9 Å². The van der Waals surface area contributed by atoms with E-state index in [1.165, 1.54) is 18.5 Å². The molecule has 3 heteroatoms. The standard InChI is InChI=1S/C14H21BrN2/c1-14(6-7-16-10-14)11-17(2)9-12-4-3-5-13(15)8-12/h3-5,8,16H,6-7,9-11H2,1-2H3. The fourth-order valence-electron chi connectivity index (χ4n) is 2.66. The van der Waals surface area contributed by atoms with Crippen LogP contribution in [0.15, 0.2) is 28.7 Å². The van der Waals surface area contributed by atoms with E-state index in [-0.39, 0.29) is 0 Å². The Morgan fingerprint density at radius 3 is 2.94 bits per heavy atom. The molecule has 2 nitrogen and oxygen atoms in total. The van der Waals surface area contributed by atoms with E-state index in [0.29, 0.717) is 5.41 Å². The summed E-state index contributed by atoms with van der Waals surface area (Å²) in [5, 5.41) is 3.46. The Bertz CT molecular complexity index is 372. The third kappa shape index (κ3) is 3.80. The maximum atomic E-state index is 3.52. The molecule has 0 bridgehead atoms. The first-order valence-corrected chi connectivity index (χ1v) is 7.00. The summed E-state index contributed by atoms with van der Waals surface area (Å²) in [6.07, 6.45) is 1.29. The van der Waals surface area contributed by atoms with Gasteiger partial charge in [-0.1, -0.05) is 35.0 Å². The second kappa shape index (κ2) is 5.51. The second-order valence-corrected chi connectivity index (χ2v) is 6.46. The Kier molecular flexibility index (Phi) is 4.23. The maximum absolute atomic E-state index is 3.52. The van der Waals surface area contributed by atoms with Crippen LogP contribution in [0.2, 0.25) is 0 Å². The molecule has 1 fully saturated rings. The molecule has 1 aliphatic heterocycles. The first-order valence-electron chi connectivity index (χ1n) is 6.21. The fourth-order valence-corrected chi connectivity index (χ4v) is 3.10. The first kappa shape index (κ1) is 13.1. The van der Waals surface area contributed by atoms with E-state index >= 15 is 0 Å². The summed E-state index contributed by atoms with van der Waals surface area (Å²) in [6, 6.07) is 8.57. The number of nitrogens with zero attached hydrogens (tertiary/aromatic N) is 1. The summed E-state index contributed by atoms with van der Waals surface area (Å²) >= 11 is 3.52. The minimum absolute atomic E-state index is 0.445. The fraction of sp³-hybridized carbons (Fsp3) is 0.571. The van der Waals surface area contributed by atoms with Crippen molar-refractivity contribution in [3.8, 4) is 0 Å². The molecule has 0 aliphatic carbocycles. The number of benzene rings is 1. The second-order valence-electron chi connectivity index (χ2n) is 5.54. The summed E-state index contributed by atoms with van der Waals surface area (Å²) in [5.41, 5.74) is 1.82. The maximum Gasteiger partial charge on any atom is 0.0231 e. The molecule has 0 amide bonds. The van der Waals surface area contributed by atoms with Crippen LogP contribution in [0.25, 0.3) is 0 Å². The van der Waals surface area contributed by atoms with Gasteiger partial charge in [0.25, 0.3) is 0 Å². The highest BCUT2D eigenvalue weighted by molar-refractivity contribution is 9.10. The van der Waals surface area contributed by atoms with Crippen LogP contribution >= 0.6 is 15.9 Å². The molecule has 1 N–H and O–H groups in total. The van der Waals surface area contributed by atoms with Crippen molar-refractivity contribution in [2.75, 3.05) is 26.7 Å². The molecular weight excluding hydrogens is 276 g/mol. The lowest BCUT2D eigenvalue weighted by Crippen LogP contribution is -2.34. The largest absolute Gasteiger partial charge is 0.316 e. The van der Waals surface area contributed by atoms with Crippen LogP contribution in [-0.4, -0.2) is 31.6 Å². The van der Waals surface area contributed by atoms with Crippen molar-refractivity contribution in [2.45, 2.75) is 19.9 Å². The van der Waals surface area contributed by atoms with Crippen molar-refractivity contribution in [1.82, 2.24) is 10.2 Å². The molecule has 0 saturated carbocycles. The van der Waals surface area contributed by atoms with Gasteiger partial charge in [0.2, 0.25) is 0 Å². The third-order valence-electron chi connectivity index (χ3n) is 3.45. The molecule has 0 radical (unpaired) electrons. The zero-order valence-electron chi connectivity index (χ0n) is 10.7. The lowest BCUT2D eigenvalue weighted by molar-refractivity contribution is 0.203. The van der Waals surface area contributed by atoms with E-state index < -0.39 is 0 Å². The zero-order valence-corrected chi connectivity index (χ0v) is 12.3. The van der Waals surface area contributed by atoms with Crippen molar-refractivity contribution in [3.63, 3.8) is 0 Å². The van der Waals surface area contributed by atoms with Gasteiger partial charge in [-0.3, -0.25) is 0 Å². The van der Waals surface area contributed by atoms with Gasteiger partial charge in [0.05, 0.1) is 0 Å². The van der Waals surface area contributed by atoms with Gasteiger partial charge in [0, 0.05) is 24.1 Å². The van der Waals surface area contributed by atoms with Gasteiger partial charge in [0.15, 0.2) is 0 Å². The first-order chi connectivity index (χ1) is 8.07. The predicted octanol–water partition coefficient (Wildman–Crippen LogP) is 2.88. The molecule has 1 aliphatic rings. The highest BCUT2D eigenvalue weighted by Gasteiger charge is 2.29. The molecule has 17 heavy (non-hydrogen) atoms. The molecule has 1 atom stereocenters. The number of hydrogen-bond donors (Lipinski definition) is 1. The third-order valence-corrected chi connectivity index (χ3v) is 3.94. The van der Waals surface area contributed by atoms with Crippen LogP contribution in [0.4, 0.5) is 0 Å². The molecule has 1 heterocycles. The summed E-state index contributed by atoms with van der Waals surface area (Å²) in [5.74, 6) is 0. The highest BCUT2D eigenvalue weighted by atomic mass is 79.9. The molecule has 0 aromatic heterocycles. The molecule has 1 aromatic carbocycles. The molecule has 1 unspecified atom stereocenters. The van der Waals surface area contributed by atoms with Crippen LogP contribution in [0.5, 0.6) is 0 Å². The summed E-state index contributed by atoms with van der Waals surface area (Å²) in [4.78, 5) is 2.43. The smallest absolute Gasteiger partial charge is 0.0231 e. The Morgan fingerprint density at radius 2 is 2.29 bits per heavy atom. The number of halogens is 1. The van der Waals surface area contributed by atoms with Crippen LogP contribution in [0.3, 0.4) is 0 Å². The van der Waals surface area contributed by atoms with Gasteiger partial charge in [-0.2, -0.15) is 0 Å². The minimum atomic E-state index is 0.445. The number of rotatable bonds is 4. The van der Waals surface area contributed by atoms with E-state index in [1.54, 1.807) is 0 Å². The van der Waals surface area contributed by atoms with Crippen molar-refractivity contribution in [2.24, 2.45) is 5.41 Å². The van der Waals surface area contributed by atoms with Gasteiger partial charge < -0.3 is 10.2 Å². The van der Waals surface area contributed by atoms with E-state index in [4.69, 9.17) is 0 Å². The normalized spacial score (nSPS) is 24.5. The van der Waals surface area contributed by atoms with Crippen molar-refractivity contribution in [3.05, 3.63) is 34.3 Å². The van der Waals surface area contributed by atoms with Gasteiger partial charge in [-0.25, -0.2) is 0 Å². The van der Waals surface area contributed by atoms with Gasteiger partial charge in [-0.05, 0) is 43.1 Å². The number of hydrogen-bond acceptors (Lipinski definition) is 2. The Balaban J connectivity index is 1.90. The van der Waals surface area contributed by atoms with Gasteiger partial charge in [-0.15, -0.1) is 0 Å². The lowest BCUT2D eigenvalue weighted by Gasteiger charge is -2.29. The molecule has 94 valence electrons. The molecule has 1 aromatic rings. The topological polar surface area (TPSA) is 15.3 Å². The Morgan fingerprint density at radius 1 is 1.47 bits per heavy atom. The molecule has 2 rings (SSSR count). The Hall–Kier alpha value is -0.380. The average molecular weight is 297 g/mol. The molecular formula is C14H21BrN2. The predicted molar refractivity (Wildman–Crippen MR) is 76.1 cm³/mol. The molecule has 0 spiro atoms. The summed E-state index contributed by atoms with van der Waals surface area (Å²) in [6.45, 7) is 6.88. The number of nitrogens with one attached hydrogen (secondary N) is 1. The monoisotopic (exact) mass is 296 g/mol. The summed E-state index contributed by atoms with van der Waals surface area (Å²) < 4.78 is 1.16. The quantitative estimate of drug-likeness (QED) is 0.919. The Labute approximate surface area is 113 Å². The average Bonchev–Trinajstić information content (AvgIpc) is 2.64. The van der Waals surface area contributed by atoms with Crippen molar-refractivity contribution >= 4 is 15.9 Å². The van der Waals surface area contributed by atoms with Crippen molar-refractivity contribution < 1.29 is 0 Å². The SMILES string of the molecule is CN(Cc1cccc(Br)c1)CC1(C)CCNC1. The van der Waals surface area contributed by atoms with E-state index in [0.717, 1.165) is 24.1 Å². The van der Waals surface area contributed by atoms with E-state index in [9.17, 15) is 0 Å². The van der Waals surface area contributed by atoms with Gasteiger partial charge in [0.1, 0.15) is 0 Å². The zero-order chi connectivity index (χ0) is 12.3. The molecule has 1 saturated heterocycles. The van der Waals surface area contributed by atoms with Crippen LogP contribution in [0, 0.1) is 5.41 Å². The van der Waals surface area contributed by atoms with Crippen LogP contribution in [-0.2, 0) is 6.54 Å².